The van der Waals surface area contributed by atoms with Gasteiger partial charge in [-0.25, -0.2) is 18.4 Å². The maximum Gasteiger partial charge on any atom is 0.263 e. The fourth-order valence-electron chi connectivity index (χ4n) is 2.92. The Bertz CT molecular complexity index is 1150. The Hall–Kier alpha value is -3.43. The molecule has 0 amide bonds. The number of ether oxygens (including phenoxy) is 2. The number of para-hydroxylation sites is 1. The maximum absolute atomic E-state index is 13.0. The number of anilines is 1. The van der Waals surface area contributed by atoms with E-state index in [0.29, 0.717) is 11.3 Å². The largest absolute Gasteiger partial charge is 0.496 e. The number of hydrogen-bond acceptors (Lipinski definition) is 7. The lowest BCUT2D eigenvalue weighted by Gasteiger charge is -2.16. The Morgan fingerprint density at radius 1 is 1.13 bits per heavy atom. The van der Waals surface area contributed by atoms with Gasteiger partial charge in [0.25, 0.3) is 10.0 Å². The van der Waals surface area contributed by atoms with Crippen molar-refractivity contribution in [1.29, 1.82) is 0 Å². The fourth-order valence-corrected chi connectivity index (χ4v) is 3.96. The van der Waals surface area contributed by atoms with Crippen LogP contribution in [0.3, 0.4) is 0 Å². The summed E-state index contributed by atoms with van der Waals surface area (Å²) in [5, 5.41) is 9.13. The van der Waals surface area contributed by atoms with Crippen LogP contribution in [-0.4, -0.2) is 43.8 Å². The molecule has 2 N–H and O–H groups in total. The van der Waals surface area contributed by atoms with Crippen LogP contribution < -0.4 is 14.2 Å². The molecule has 3 aromatic rings. The van der Waals surface area contributed by atoms with Crippen molar-refractivity contribution in [2.45, 2.75) is 11.3 Å². The predicted octanol–water partition coefficient (Wildman–Crippen LogP) is 2.89. The molecule has 0 aliphatic rings. The van der Waals surface area contributed by atoms with Crippen molar-refractivity contribution in [2.75, 3.05) is 25.0 Å². The van der Waals surface area contributed by atoms with Crippen molar-refractivity contribution < 1.29 is 23.0 Å². The minimum atomic E-state index is -3.92. The Morgan fingerprint density at radius 2 is 1.87 bits per heavy atom. The first kappa shape index (κ1) is 22.3. The normalized spacial score (nSPS) is 11.0. The topological polar surface area (TPSA) is 111 Å². The number of aliphatic hydroxyl groups is 1. The summed E-state index contributed by atoms with van der Waals surface area (Å²) in [4.78, 5) is 8.35. The summed E-state index contributed by atoms with van der Waals surface area (Å²) in [5.74, 6) is 0.893. The lowest BCUT2D eigenvalue weighted by atomic mass is 10.1. The molecule has 0 aliphatic carbocycles. The van der Waals surface area contributed by atoms with E-state index in [-0.39, 0.29) is 36.2 Å². The number of benzene rings is 2. The number of hydrogen-bond donors (Lipinski definition) is 2. The van der Waals surface area contributed by atoms with Gasteiger partial charge in [0.1, 0.15) is 18.7 Å². The van der Waals surface area contributed by atoms with Crippen LogP contribution in [-0.2, 0) is 16.4 Å². The number of aromatic nitrogens is 2. The van der Waals surface area contributed by atoms with Crippen molar-refractivity contribution in [1.82, 2.24) is 9.97 Å². The average Bonchev–Trinajstić information content (AvgIpc) is 2.79. The van der Waals surface area contributed by atoms with Gasteiger partial charge in [-0.3, -0.25) is 4.72 Å². The predicted molar refractivity (Wildman–Crippen MR) is 118 cm³/mol. The van der Waals surface area contributed by atoms with E-state index in [0.717, 1.165) is 11.1 Å². The Balaban J connectivity index is 2.01. The lowest BCUT2D eigenvalue weighted by molar-refractivity contribution is 0.195. The zero-order chi connectivity index (χ0) is 22.3. The second kappa shape index (κ2) is 10.1. The summed E-state index contributed by atoms with van der Waals surface area (Å²) in [6.45, 7) is 3.46. The Labute approximate surface area is 181 Å². The second-order valence-electron chi connectivity index (χ2n) is 6.45. The number of rotatable bonds is 10. The Morgan fingerprint density at radius 3 is 2.55 bits per heavy atom. The van der Waals surface area contributed by atoms with Gasteiger partial charge in [-0.1, -0.05) is 43.0 Å². The van der Waals surface area contributed by atoms with Gasteiger partial charge >= 0.3 is 0 Å². The van der Waals surface area contributed by atoms with Gasteiger partial charge in [-0.2, -0.15) is 0 Å². The minimum absolute atomic E-state index is 0.00510. The molecule has 0 saturated heterocycles. The van der Waals surface area contributed by atoms with Crippen LogP contribution in [0.15, 0.2) is 66.3 Å². The van der Waals surface area contributed by atoms with Gasteiger partial charge in [-0.05, 0) is 29.3 Å². The van der Waals surface area contributed by atoms with Gasteiger partial charge < -0.3 is 14.6 Å². The van der Waals surface area contributed by atoms with Crippen molar-refractivity contribution in [2.24, 2.45) is 0 Å². The van der Waals surface area contributed by atoms with Crippen LogP contribution in [0.25, 0.3) is 6.08 Å². The molecule has 8 nitrogen and oxygen atoms in total. The lowest BCUT2D eigenvalue weighted by Crippen LogP contribution is -2.17. The molecule has 31 heavy (non-hydrogen) atoms. The van der Waals surface area contributed by atoms with Crippen LogP contribution >= 0.6 is 0 Å². The molecule has 0 fully saturated rings. The van der Waals surface area contributed by atoms with Crippen molar-refractivity contribution in [3.8, 4) is 11.6 Å². The molecule has 162 valence electrons. The standard InChI is InChI=1S/C22H23N3O5S/c1-3-16-8-10-18(11-9-16)31(27,28)25-21-19(22(24-15-23-21)30-13-12-26)14-17-6-4-5-7-20(17)29-2/h3-11,15,26H,1,12-14H2,2H3,(H,23,24,25). The highest BCUT2D eigenvalue weighted by molar-refractivity contribution is 7.92. The van der Waals surface area contributed by atoms with E-state index >= 15 is 0 Å². The van der Waals surface area contributed by atoms with E-state index in [2.05, 4.69) is 21.3 Å². The first-order chi connectivity index (χ1) is 15.0. The summed E-state index contributed by atoms with van der Waals surface area (Å²) < 4.78 is 39.4. The van der Waals surface area contributed by atoms with E-state index in [9.17, 15) is 8.42 Å². The zero-order valence-corrected chi connectivity index (χ0v) is 17.8. The molecular formula is C22H23N3O5S. The SMILES string of the molecule is C=Cc1ccc(S(=O)(=O)Nc2ncnc(OCCO)c2Cc2ccccc2OC)cc1. The fraction of sp³-hybridized carbons (Fsp3) is 0.182. The molecule has 0 radical (unpaired) electrons. The smallest absolute Gasteiger partial charge is 0.263 e. The van der Waals surface area contributed by atoms with Crippen molar-refractivity contribution >= 4 is 21.9 Å². The van der Waals surface area contributed by atoms with Crippen molar-refractivity contribution in [3.05, 3.63) is 78.1 Å². The molecule has 0 atom stereocenters. The number of nitrogens with zero attached hydrogens (tertiary/aromatic N) is 2. The van der Waals surface area contributed by atoms with Crippen LogP contribution in [0.2, 0.25) is 0 Å². The van der Waals surface area contributed by atoms with E-state index in [1.54, 1.807) is 31.4 Å². The van der Waals surface area contributed by atoms with E-state index in [1.165, 1.54) is 18.5 Å². The monoisotopic (exact) mass is 441 g/mol. The molecule has 0 saturated carbocycles. The van der Waals surface area contributed by atoms with E-state index in [4.69, 9.17) is 14.6 Å². The highest BCUT2D eigenvalue weighted by atomic mass is 32.2. The molecule has 1 aromatic heterocycles. The summed E-state index contributed by atoms with van der Waals surface area (Å²) in [6.07, 6.45) is 3.08. The molecule has 3 rings (SSSR count). The highest BCUT2D eigenvalue weighted by Gasteiger charge is 2.21. The van der Waals surface area contributed by atoms with Crippen LogP contribution in [0.1, 0.15) is 16.7 Å². The summed E-state index contributed by atoms with van der Waals surface area (Å²) in [6, 6.07) is 13.6. The van der Waals surface area contributed by atoms with Crippen molar-refractivity contribution in [3.63, 3.8) is 0 Å². The summed E-state index contributed by atoms with van der Waals surface area (Å²) in [7, 11) is -2.36. The zero-order valence-electron chi connectivity index (χ0n) is 17.0. The number of sulfonamides is 1. The van der Waals surface area contributed by atoms with E-state index < -0.39 is 10.0 Å². The molecule has 2 aromatic carbocycles. The summed E-state index contributed by atoms with van der Waals surface area (Å²) >= 11 is 0. The summed E-state index contributed by atoms with van der Waals surface area (Å²) in [5.41, 5.74) is 2.02. The molecule has 0 aliphatic heterocycles. The highest BCUT2D eigenvalue weighted by Crippen LogP contribution is 2.30. The van der Waals surface area contributed by atoms with Crippen LogP contribution in [0.4, 0.5) is 5.82 Å². The van der Waals surface area contributed by atoms with Gasteiger partial charge in [0.15, 0.2) is 5.82 Å². The van der Waals surface area contributed by atoms with Gasteiger partial charge in [0.2, 0.25) is 5.88 Å². The molecule has 0 spiro atoms. The number of nitrogens with one attached hydrogen (secondary N) is 1. The second-order valence-corrected chi connectivity index (χ2v) is 8.13. The first-order valence-corrected chi connectivity index (χ1v) is 10.9. The van der Waals surface area contributed by atoms with E-state index in [1.807, 2.05) is 18.2 Å². The maximum atomic E-state index is 13.0. The number of aliphatic hydroxyl groups excluding tert-OH is 1. The minimum Gasteiger partial charge on any atom is -0.496 e. The molecule has 0 unspecified atom stereocenters. The van der Waals surface area contributed by atoms with Crippen LogP contribution in [0.5, 0.6) is 11.6 Å². The third kappa shape index (κ3) is 5.39. The third-order valence-electron chi connectivity index (χ3n) is 4.45. The molecular weight excluding hydrogens is 418 g/mol. The molecule has 0 bridgehead atoms. The molecule has 9 heteroatoms. The van der Waals surface area contributed by atoms with Gasteiger partial charge in [0, 0.05) is 6.42 Å². The quantitative estimate of drug-likeness (QED) is 0.498. The van der Waals surface area contributed by atoms with Gasteiger partial charge in [-0.15, -0.1) is 0 Å². The number of methoxy groups -OCH3 is 1. The third-order valence-corrected chi connectivity index (χ3v) is 5.81. The van der Waals surface area contributed by atoms with Gasteiger partial charge in [0.05, 0.1) is 24.2 Å². The first-order valence-electron chi connectivity index (χ1n) is 9.43. The van der Waals surface area contributed by atoms with Crippen LogP contribution in [0, 0.1) is 0 Å². The molecule has 1 heterocycles. The average molecular weight is 442 g/mol. The Kier molecular flexibility index (Phi) is 7.22.